The zero-order valence-corrected chi connectivity index (χ0v) is 12.0. The maximum absolute atomic E-state index is 6.16. The lowest BCUT2D eigenvalue weighted by molar-refractivity contribution is 0.0800. The van der Waals surface area contributed by atoms with Gasteiger partial charge in [-0.05, 0) is 44.7 Å². The van der Waals surface area contributed by atoms with E-state index in [0.717, 1.165) is 32.5 Å². The first-order valence-electron chi connectivity index (χ1n) is 6.92. The van der Waals surface area contributed by atoms with Crippen LogP contribution < -0.4 is 5.73 Å². The van der Waals surface area contributed by atoms with E-state index in [1.54, 1.807) is 0 Å². The van der Waals surface area contributed by atoms with Gasteiger partial charge in [0.1, 0.15) is 0 Å². The van der Waals surface area contributed by atoms with Gasteiger partial charge in [-0.25, -0.2) is 0 Å². The zero-order chi connectivity index (χ0) is 12.9. The Bertz CT molecular complexity index is 207. The number of ether oxygens (including phenoxy) is 1. The molecule has 0 radical (unpaired) electrons. The summed E-state index contributed by atoms with van der Waals surface area (Å²) in [4.78, 5) is 2.36. The van der Waals surface area contributed by atoms with Crippen LogP contribution in [-0.2, 0) is 4.74 Å². The smallest absolute Gasteiger partial charge is 0.0702 e. The van der Waals surface area contributed by atoms with Crippen molar-refractivity contribution in [2.24, 2.45) is 11.1 Å². The Morgan fingerprint density at radius 1 is 1.41 bits per heavy atom. The molecule has 0 bridgehead atoms. The summed E-state index contributed by atoms with van der Waals surface area (Å²) in [7, 11) is 2.17. The molecule has 17 heavy (non-hydrogen) atoms. The number of nitrogens with zero attached hydrogens (tertiary/aromatic N) is 1. The van der Waals surface area contributed by atoms with Crippen molar-refractivity contribution in [2.45, 2.75) is 58.6 Å². The number of nitrogens with two attached hydrogens (primary N) is 1. The molecule has 0 aromatic heterocycles. The van der Waals surface area contributed by atoms with Gasteiger partial charge in [0.15, 0.2) is 0 Å². The Kier molecular flexibility index (Phi) is 5.90. The van der Waals surface area contributed by atoms with E-state index in [4.69, 9.17) is 10.5 Å². The van der Waals surface area contributed by atoms with E-state index < -0.39 is 0 Å². The molecule has 0 aromatic carbocycles. The average Bonchev–Trinajstić information content (AvgIpc) is 2.64. The van der Waals surface area contributed by atoms with E-state index in [9.17, 15) is 0 Å². The SMILES string of the molecule is CN(CCC(N)CC(C)(C)C)CC1CCCO1. The molecule has 0 spiro atoms. The van der Waals surface area contributed by atoms with Crippen molar-refractivity contribution in [1.29, 1.82) is 0 Å². The van der Waals surface area contributed by atoms with Gasteiger partial charge in [0.05, 0.1) is 6.10 Å². The van der Waals surface area contributed by atoms with Crippen LogP contribution >= 0.6 is 0 Å². The zero-order valence-electron chi connectivity index (χ0n) is 12.0. The molecular formula is C14H30N2O. The van der Waals surface area contributed by atoms with E-state index in [1.165, 1.54) is 12.8 Å². The highest BCUT2D eigenvalue weighted by Crippen LogP contribution is 2.21. The minimum atomic E-state index is 0.321. The highest BCUT2D eigenvalue weighted by Gasteiger charge is 2.19. The molecule has 1 heterocycles. The van der Waals surface area contributed by atoms with Crippen LogP contribution in [0.15, 0.2) is 0 Å². The minimum Gasteiger partial charge on any atom is -0.377 e. The molecule has 3 heteroatoms. The third kappa shape index (κ3) is 7.02. The van der Waals surface area contributed by atoms with Crippen molar-refractivity contribution >= 4 is 0 Å². The molecule has 2 unspecified atom stereocenters. The third-order valence-corrected chi connectivity index (χ3v) is 3.30. The monoisotopic (exact) mass is 242 g/mol. The molecule has 0 aromatic rings. The summed E-state index contributed by atoms with van der Waals surface area (Å²) in [5.74, 6) is 0. The maximum Gasteiger partial charge on any atom is 0.0702 e. The summed E-state index contributed by atoms with van der Waals surface area (Å²) in [6.45, 7) is 9.84. The lowest BCUT2D eigenvalue weighted by atomic mass is 9.87. The summed E-state index contributed by atoms with van der Waals surface area (Å²) in [5.41, 5.74) is 6.50. The van der Waals surface area contributed by atoms with Crippen molar-refractivity contribution in [1.82, 2.24) is 4.90 Å². The second kappa shape index (κ2) is 6.72. The van der Waals surface area contributed by atoms with Gasteiger partial charge in [0, 0.05) is 19.2 Å². The van der Waals surface area contributed by atoms with Crippen molar-refractivity contribution < 1.29 is 4.74 Å². The molecular weight excluding hydrogens is 212 g/mol. The van der Waals surface area contributed by atoms with Crippen LogP contribution in [0.3, 0.4) is 0 Å². The molecule has 1 fully saturated rings. The van der Waals surface area contributed by atoms with Gasteiger partial charge in [0.25, 0.3) is 0 Å². The highest BCUT2D eigenvalue weighted by atomic mass is 16.5. The molecule has 102 valence electrons. The molecule has 1 aliphatic heterocycles. The van der Waals surface area contributed by atoms with Crippen LogP contribution in [0.4, 0.5) is 0 Å². The summed E-state index contributed by atoms with van der Waals surface area (Å²) in [5, 5.41) is 0. The predicted octanol–water partition coefficient (Wildman–Crippen LogP) is 2.25. The van der Waals surface area contributed by atoms with Gasteiger partial charge in [-0.15, -0.1) is 0 Å². The molecule has 0 saturated carbocycles. The van der Waals surface area contributed by atoms with Crippen molar-refractivity contribution in [2.75, 3.05) is 26.7 Å². The van der Waals surface area contributed by atoms with Crippen LogP contribution in [-0.4, -0.2) is 43.8 Å². The lowest BCUT2D eigenvalue weighted by Gasteiger charge is -2.26. The molecule has 3 nitrogen and oxygen atoms in total. The second-order valence-corrected chi connectivity index (χ2v) is 6.71. The molecule has 2 atom stereocenters. The summed E-state index contributed by atoms with van der Waals surface area (Å²) < 4.78 is 5.64. The van der Waals surface area contributed by atoms with Crippen LogP contribution in [0.2, 0.25) is 0 Å². The van der Waals surface area contributed by atoms with Gasteiger partial charge < -0.3 is 15.4 Å². The maximum atomic E-state index is 6.16. The Labute approximate surface area is 107 Å². The van der Waals surface area contributed by atoms with Crippen LogP contribution in [0.25, 0.3) is 0 Å². The van der Waals surface area contributed by atoms with Crippen molar-refractivity contribution in [3.8, 4) is 0 Å². The fourth-order valence-electron chi connectivity index (χ4n) is 2.50. The molecule has 1 aliphatic rings. The topological polar surface area (TPSA) is 38.5 Å². The number of likely N-dealkylation sites (N-methyl/N-ethyl adjacent to an activating group) is 1. The number of hydrogen-bond donors (Lipinski definition) is 1. The Hall–Kier alpha value is -0.120. The molecule has 1 rings (SSSR count). The first-order chi connectivity index (χ1) is 7.87. The highest BCUT2D eigenvalue weighted by molar-refractivity contribution is 4.74. The van der Waals surface area contributed by atoms with Gasteiger partial charge in [-0.1, -0.05) is 20.8 Å². The van der Waals surface area contributed by atoms with Gasteiger partial charge in [-0.3, -0.25) is 0 Å². The lowest BCUT2D eigenvalue weighted by Crippen LogP contribution is -2.34. The van der Waals surface area contributed by atoms with Crippen LogP contribution in [0.5, 0.6) is 0 Å². The first-order valence-corrected chi connectivity index (χ1v) is 6.92. The summed E-state index contributed by atoms with van der Waals surface area (Å²) in [6.07, 6.45) is 5.08. The first kappa shape index (κ1) is 14.9. The third-order valence-electron chi connectivity index (χ3n) is 3.30. The number of hydrogen-bond acceptors (Lipinski definition) is 3. The average molecular weight is 242 g/mol. The van der Waals surface area contributed by atoms with Crippen LogP contribution in [0, 0.1) is 5.41 Å². The fourth-order valence-corrected chi connectivity index (χ4v) is 2.50. The van der Waals surface area contributed by atoms with E-state index in [0.29, 0.717) is 17.6 Å². The van der Waals surface area contributed by atoms with E-state index in [1.807, 2.05) is 0 Å². The van der Waals surface area contributed by atoms with Crippen LogP contribution in [0.1, 0.15) is 46.5 Å². The Morgan fingerprint density at radius 2 is 2.12 bits per heavy atom. The molecule has 0 aliphatic carbocycles. The Balaban J connectivity index is 2.11. The predicted molar refractivity (Wildman–Crippen MR) is 73.1 cm³/mol. The molecule has 1 saturated heterocycles. The standard InChI is InChI=1S/C14H30N2O/c1-14(2,3)10-12(15)7-8-16(4)11-13-6-5-9-17-13/h12-13H,5-11,15H2,1-4H3. The van der Waals surface area contributed by atoms with Crippen molar-refractivity contribution in [3.63, 3.8) is 0 Å². The molecule has 0 amide bonds. The van der Waals surface area contributed by atoms with E-state index >= 15 is 0 Å². The van der Waals surface area contributed by atoms with E-state index in [-0.39, 0.29) is 0 Å². The fraction of sp³-hybridized carbons (Fsp3) is 1.00. The quantitative estimate of drug-likeness (QED) is 0.776. The summed E-state index contributed by atoms with van der Waals surface area (Å²) in [6, 6.07) is 0.321. The largest absolute Gasteiger partial charge is 0.377 e. The minimum absolute atomic E-state index is 0.321. The van der Waals surface area contributed by atoms with Gasteiger partial charge >= 0.3 is 0 Å². The normalized spacial score (nSPS) is 23.3. The van der Waals surface area contributed by atoms with E-state index in [2.05, 4.69) is 32.7 Å². The van der Waals surface area contributed by atoms with Crippen molar-refractivity contribution in [3.05, 3.63) is 0 Å². The van der Waals surface area contributed by atoms with Gasteiger partial charge in [-0.2, -0.15) is 0 Å². The number of rotatable bonds is 6. The molecule has 2 N–H and O–H groups in total. The van der Waals surface area contributed by atoms with Gasteiger partial charge in [0.2, 0.25) is 0 Å². The Morgan fingerprint density at radius 3 is 2.65 bits per heavy atom. The second-order valence-electron chi connectivity index (χ2n) is 6.71. The summed E-state index contributed by atoms with van der Waals surface area (Å²) >= 11 is 0.